The molecule has 0 bridgehead atoms. The number of pyridine rings is 2. The van der Waals surface area contributed by atoms with E-state index in [1.54, 1.807) is 58.4 Å². The summed E-state index contributed by atoms with van der Waals surface area (Å²) >= 11 is 0. The zero-order chi connectivity index (χ0) is 29.5. The highest BCUT2D eigenvalue weighted by molar-refractivity contribution is 6.03. The van der Waals surface area contributed by atoms with Crippen molar-refractivity contribution in [3.63, 3.8) is 0 Å². The van der Waals surface area contributed by atoms with Crippen LogP contribution in [0.4, 0.5) is 14.6 Å². The lowest BCUT2D eigenvalue weighted by atomic mass is 10.0. The fourth-order valence-corrected chi connectivity index (χ4v) is 5.05. The van der Waals surface area contributed by atoms with Crippen molar-refractivity contribution in [2.45, 2.75) is 13.1 Å². The fraction of sp³-hybridized carbons (Fsp3) is 0.100. The van der Waals surface area contributed by atoms with Crippen LogP contribution in [0.25, 0.3) is 28.2 Å². The fourth-order valence-electron chi connectivity index (χ4n) is 5.05. The van der Waals surface area contributed by atoms with Gasteiger partial charge >= 0.3 is 0 Å². The number of carbonyl (C=O) groups excluding carboxylic acids is 2. The summed E-state index contributed by atoms with van der Waals surface area (Å²) < 4.78 is 32.2. The van der Waals surface area contributed by atoms with Crippen molar-refractivity contribution in [2.75, 3.05) is 11.9 Å². The molecule has 5 aromatic heterocycles. The molecule has 212 valence electrons. The Morgan fingerprint density at radius 1 is 0.791 bits per heavy atom. The summed E-state index contributed by atoms with van der Waals surface area (Å²) in [6.07, 6.45) is 6.04. The lowest BCUT2D eigenvalue weighted by molar-refractivity contribution is 0.0706. The standard InChI is InChI=1S/C30H21F2N9O2/c31-21-3-1-18(2-4-21)26-25(23-17-39(15-16-40(23)38-26)30(43)20-9-13-34-14-10-20)22-5-6-24-35-28(27(32)41(24)37-22)36-29(42)19-7-11-33-12-8-19/h1-14H,15-17H2,(H,36,42). The average Bonchev–Trinajstić information content (AvgIpc) is 3.58. The molecule has 0 fully saturated rings. The topological polar surface area (TPSA) is 123 Å². The van der Waals surface area contributed by atoms with Crippen molar-refractivity contribution in [3.8, 4) is 22.5 Å². The van der Waals surface area contributed by atoms with E-state index >= 15 is 4.39 Å². The van der Waals surface area contributed by atoms with Gasteiger partial charge in [-0.05, 0) is 60.7 Å². The van der Waals surface area contributed by atoms with E-state index < -0.39 is 17.7 Å². The Bertz CT molecular complexity index is 1990. The molecule has 0 aliphatic carbocycles. The third-order valence-corrected chi connectivity index (χ3v) is 7.17. The third-order valence-electron chi connectivity index (χ3n) is 7.17. The number of imidazole rings is 1. The van der Waals surface area contributed by atoms with Gasteiger partial charge in [-0.1, -0.05) is 0 Å². The van der Waals surface area contributed by atoms with Crippen LogP contribution >= 0.6 is 0 Å². The van der Waals surface area contributed by atoms with Gasteiger partial charge in [0.05, 0.1) is 30.0 Å². The van der Waals surface area contributed by atoms with Crippen LogP contribution in [0, 0.1) is 11.8 Å². The number of fused-ring (bicyclic) bond motifs is 2. The van der Waals surface area contributed by atoms with Gasteiger partial charge in [-0.15, -0.1) is 0 Å². The number of benzene rings is 1. The highest BCUT2D eigenvalue weighted by Crippen LogP contribution is 2.36. The summed E-state index contributed by atoms with van der Waals surface area (Å²) in [5.74, 6) is -2.25. The van der Waals surface area contributed by atoms with Crippen molar-refractivity contribution in [1.82, 2.24) is 39.2 Å². The zero-order valence-corrected chi connectivity index (χ0v) is 22.4. The molecule has 0 atom stereocenters. The number of halogens is 2. The number of amides is 2. The molecule has 1 N–H and O–H groups in total. The maximum absolute atomic E-state index is 15.6. The number of aromatic nitrogens is 7. The van der Waals surface area contributed by atoms with Gasteiger partial charge in [0.1, 0.15) is 11.5 Å². The molecule has 6 heterocycles. The molecule has 0 spiro atoms. The molecule has 1 aromatic carbocycles. The molecule has 0 saturated carbocycles. The summed E-state index contributed by atoms with van der Waals surface area (Å²) in [4.78, 5) is 39.7. The van der Waals surface area contributed by atoms with Crippen molar-refractivity contribution >= 4 is 23.3 Å². The van der Waals surface area contributed by atoms with Crippen LogP contribution < -0.4 is 5.32 Å². The van der Waals surface area contributed by atoms with Crippen LogP contribution in [0.15, 0.2) is 85.5 Å². The van der Waals surface area contributed by atoms with Crippen molar-refractivity contribution < 1.29 is 18.4 Å². The predicted molar refractivity (Wildman–Crippen MR) is 151 cm³/mol. The van der Waals surface area contributed by atoms with Crippen molar-refractivity contribution in [2.24, 2.45) is 0 Å². The normalized spacial score (nSPS) is 12.7. The van der Waals surface area contributed by atoms with E-state index in [0.717, 1.165) is 4.52 Å². The lowest BCUT2D eigenvalue weighted by Crippen LogP contribution is -2.38. The monoisotopic (exact) mass is 577 g/mol. The Balaban J connectivity index is 1.31. The van der Waals surface area contributed by atoms with Crippen LogP contribution in [-0.4, -0.2) is 57.6 Å². The van der Waals surface area contributed by atoms with E-state index in [2.05, 4.69) is 25.4 Å². The van der Waals surface area contributed by atoms with E-state index in [1.165, 1.54) is 36.7 Å². The molecule has 1 aliphatic heterocycles. The minimum Gasteiger partial charge on any atom is -0.331 e. The van der Waals surface area contributed by atoms with Crippen LogP contribution in [-0.2, 0) is 13.1 Å². The van der Waals surface area contributed by atoms with Gasteiger partial charge in [0, 0.05) is 48.0 Å². The maximum atomic E-state index is 15.6. The van der Waals surface area contributed by atoms with E-state index in [1.807, 2.05) is 0 Å². The van der Waals surface area contributed by atoms with E-state index in [-0.39, 0.29) is 23.9 Å². The number of nitrogens with zero attached hydrogens (tertiary/aromatic N) is 8. The van der Waals surface area contributed by atoms with Crippen LogP contribution in [0.5, 0.6) is 0 Å². The van der Waals surface area contributed by atoms with Gasteiger partial charge < -0.3 is 10.2 Å². The van der Waals surface area contributed by atoms with E-state index in [9.17, 15) is 14.0 Å². The molecule has 0 unspecified atom stereocenters. The largest absolute Gasteiger partial charge is 0.331 e. The Morgan fingerprint density at radius 2 is 1.49 bits per heavy atom. The predicted octanol–water partition coefficient (Wildman–Crippen LogP) is 4.24. The molecule has 0 radical (unpaired) electrons. The first-order valence-electron chi connectivity index (χ1n) is 13.3. The van der Waals surface area contributed by atoms with Crippen LogP contribution in [0.2, 0.25) is 0 Å². The molecule has 0 saturated heterocycles. The van der Waals surface area contributed by atoms with Crippen molar-refractivity contribution in [3.05, 3.63) is 114 Å². The number of nitrogens with one attached hydrogen (secondary N) is 1. The third kappa shape index (κ3) is 4.76. The zero-order valence-electron chi connectivity index (χ0n) is 22.4. The summed E-state index contributed by atoms with van der Waals surface area (Å²) in [6, 6.07) is 15.4. The number of hydrogen-bond acceptors (Lipinski definition) is 7. The average molecular weight is 578 g/mol. The molecular formula is C30H21F2N9O2. The first-order valence-corrected chi connectivity index (χ1v) is 13.3. The second-order valence-electron chi connectivity index (χ2n) is 9.79. The van der Waals surface area contributed by atoms with E-state index in [4.69, 9.17) is 5.10 Å². The molecule has 43 heavy (non-hydrogen) atoms. The van der Waals surface area contributed by atoms with Gasteiger partial charge in [0.15, 0.2) is 11.5 Å². The first-order chi connectivity index (χ1) is 21.0. The molecular weight excluding hydrogens is 556 g/mol. The molecule has 2 amide bonds. The molecule has 1 aliphatic rings. The molecule has 13 heteroatoms. The number of carbonyl (C=O) groups is 2. The van der Waals surface area contributed by atoms with Crippen molar-refractivity contribution in [1.29, 1.82) is 0 Å². The summed E-state index contributed by atoms with van der Waals surface area (Å²) in [7, 11) is 0. The van der Waals surface area contributed by atoms with Gasteiger partial charge in [0.25, 0.3) is 17.8 Å². The summed E-state index contributed by atoms with van der Waals surface area (Å²) in [5, 5.41) is 11.8. The van der Waals surface area contributed by atoms with E-state index in [0.29, 0.717) is 52.4 Å². The number of hydrogen-bond donors (Lipinski definition) is 1. The Morgan fingerprint density at radius 3 is 2.21 bits per heavy atom. The minimum atomic E-state index is -0.863. The SMILES string of the molecule is O=C(Nc1nc2ccc(-c3c(-c4ccc(F)cc4)nn4c3CN(C(=O)c3ccncc3)CC4)nn2c1F)c1ccncc1. The first kappa shape index (κ1) is 26.1. The quantitative estimate of drug-likeness (QED) is 0.325. The minimum absolute atomic E-state index is 0.164. The Labute approximate surface area is 242 Å². The molecule has 6 aromatic rings. The van der Waals surface area contributed by atoms with Gasteiger partial charge in [0.2, 0.25) is 0 Å². The Hall–Kier alpha value is -5.85. The lowest BCUT2D eigenvalue weighted by Gasteiger charge is -2.28. The smallest absolute Gasteiger partial charge is 0.259 e. The summed E-state index contributed by atoms with van der Waals surface area (Å²) in [5.41, 5.74) is 3.71. The van der Waals surface area contributed by atoms with Crippen LogP contribution in [0.1, 0.15) is 26.4 Å². The number of anilines is 1. The molecule has 7 rings (SSSR count). The second-order valence-corrected chi connectivity index (χ2v) is 9.79. The molecule has 11 nitrogen and oxygen atoms in total. The maximum Gasteiger partial charge on any atom is 0.259 e. The highest BCUT2D eigenvalue weighted by Gasteiger charge is 2.30. The Kier molecular flexibility index (Phi) is 6.38. The number of rotatable bonds is 5. The highest BCUT2D eigenvalue weighted by atomic mass is 19.1. The van der Waals surface area contributed by atoms with Gasteiger partial charge in [-0.2, -0.15) is 19.1 Å². The van der Waals surface area contributed by atoms with Crippen LogP contribution in [0.3, 0.4) is 0 Å². The van der Waals surface area contributed by atoms with Gasteiger partial charge in [-0.25, -0.2) is 9.37 Å². The van der Waals surface area contributed by atoms with Gasteiger partial charge in [-0.3, -0.25) is 24.2 Å². The second kappa shape index (κ2) is 10.5. The summed E-state index contributed by atoms with van der Waals surface area (Å²) in [6.45, 7) is 1.04.